The van der Waals surface area contributed by atoms with E-state index in [0.717, 1.165) is 0 Å². The molecule has 0 saturated carbocycles. The van der Waals surface area contributed by atoms with Gasteiger partial charge in [-0.25, -0.2) is 4.79 Å². The van der Waals surface area contributed by atoms with Crippen molar-refractivity contribution in [1.29, 1.82) is 0 Å². The number of hydrogen-bond acceptors (Lipinski definition) is 5. The lowest BCUT2D eigenvalue weighted by Crippen LogP contribution is -2.34. The van der Waals surface area contributed by atoms with Gasteiger partial charge in [-0.3, -0.25) is 14.3 Å². The Hall–Kier alpha value is -1.44. The van der Waals surface area contributed by atoms with Gasteiger partial charge in [-0.1, -0.05) is 0 Å². The Morgan fingerprint density at radius 3 is 2.81 bits per heavy atom. The SMILES string of the molecule is O=c1ccn([C@@H]2O[C@H](CO)[C@H]3O[C@H]32)c(=O)[nH]1. The first kappa shape index (κ1) is 9.76. The van der Waals surface area contributed by atoms with Crippen LogP contribution in [0.5, 0.6) is 0 Å². The Balaban J connectivity index is 1.94. The molecule has 1 aromatic rings. The lowest BCUT2D eigenvalue weighted by Gasteiger charge is -2.17. The predicted octanol–water partition coefficient (Wildman–Crippen LogP) is -1.81. The third-order valence-corrected chi connectivity index (χ3v) is 2.83. The van der Waals surface area contributed by atoms with E-state index >= 15 is 0 Å². The highest BCUT2D eigenvalue weighted by Gasteiger charge is 2.58. The van der Waals surface area contributed by atoms with Gasteiger partial charge >= 0.3 is 5.69 Å². The van der Waals surface area contributed by atoms with E-state index in [1.54, 1.807) is 0 Å². The molecule has 4 atom stereocenters. The van der Waals surface area contributed by atoms with E-state index in [9.17, 15) is 9.59 Å². The molecule has 0 bridgehead atoms. The van der Waals surface area contributed by atoms with E-state index in [1.165, 1.54) is 16.8 Å². The van der Waals surface area contributed by atoms with Crippen LogP contribution in [0, 0.1) is 0 Å². The first-order chi connectivity index (χ1) is 7.70. The molecule has 0 spiro atoms. The first-order valence-corrected chi connectivity index (χ1v) is 4.94. The molecule has 3 heterocycles. The van der Waals surface area contributed by atoms with Crippen molar-refractivity contribution in [3.8, 4) is 0 Å². The summed E-state index contributed by atoms with van der Waals surface area (Å²) in [6.45, 7) is -0.143. The van der Waals surface area contributed by atoms with E-state index in [4.69, 9.17) is 14.6 Å². The number of epoxide rings is 1. The molecule has 2 aliphatic heterocycles. The summed E-state index contributed by atoms with van der Waals surface area (Å²) in [5.74, 6) is 0. The van der Waals surface area contributed by atoms with Crippen molar-refractivity contribution in [3.05, 3.63) is 33.1 Å². The second kappa shape index (κ2) is 3.27. The van der Waals surface area contributed by atoms with Crippen molar-refractivity contribution in [2.45, 2.75) is 24.5 Å². The third-order valence-electron chi connectivity index (χ3n) is 2.83. The Morgan fingerprint density at radius 1 is 1.38 bits per heavy atom. The Labute approximate surface area is 89.2 Å². The zero-order valence-corrected chi connectivity index (χ0v) is 8.20. The lowest BCUT2D eigenvalue weighted by atomic mass is 10.2. The van der Waals surface area contributed by atoms with Crippen molar-refractivity contribution < 1.29 is 14.6 Å². The number of hydrogen-bond donors (Lipinski definition) is 2. The van der Waals surface area contributed by atoms with E-state index in [1.807, 2.05) is 0 Å². The van der Waals surface area contributed by atoms with Crippen LogP contribution in [0.2, 0.25) is 0 Å². The largest absolute Gasteiger partial charge is 0.394 e. The average molecular weight is 226 g/mol. The quantitative estimate of drug-likeness (QED) is 0.579. The number of fused-ring (bicyclic) bond motifs is 1. The van der Waals surface area contributed by atoms with Gasteiger partial charge in [-0.2, -0.15) is 0 Å². The fourth-order valence-corrected chi connectivity index (χ4v) is 2.00. The molecule has 1 aromatic heterocycles. The molecule has 2 N–H and O–H groups in total. The van der Waals surface area contributed by atoms with Crippen LogP contribution in [0.15, 0.2) is 21.9 Å². The molecule has 86 valence electrons. The minimum Gasteiger partial charge on any atom is -0.394 e. The maximum absolute atomic E-state index is 11.5. The number of nitrogens with zero attached hydrogens (tertiary/aromatic N) is 1. The summed E-state index contributed by atoms with van der Waals surface area (Å²) in [7, 11) is 0. The molecule has 16 heavy (non-hydrogen) atoms. The first-order valence-electron chi connectivity index (χ1n) is 4.94. The zero-order valence-electron chi connectivity index (χ0n) is 8.20. The van der Waals surface area contributed by atoms with Crippen LogP contribution in [-0.2, 0) is 9.47 Å². The number of nitrogens with one attached hydrogen (secondary N) is 1. The van der Waals surface area contributed by atoms with Gasteiger partial charge in [0.1, 0.15) is 18.3 Å². The van der Waals surface area contributed by atoms with Crippen LogP contribution in [0.4, 0.5) is 0 Å². The molecule has 0 aromatic carbocycles. The molecule has 7 heteroatoms. The van der Waals surface area contributed by atoms with Crippen molar-refractivity contribution >= 4 is 0 Å². The molecule has 0 unspecified atom stereocenters. The molecule has 7 nitrogen and oxygen atoms in total. The summed E-state index contributed by atoms with van der Waals surface area (Å²) < 4.78 is 12.0. The Bertz CT molecular complexity index is 521. The van der Waals surface area contributed by atoms with E-state index < -0.39 is 23.6 Å². The van der Waals surface area contributed by atoms with E-state index in [-0.39, 0.29) is 18.8 Å². The van der Waals surface area contributed by atoms with Crippen LogP contribution in [-0.4, -0.2) is 39.6 Å². The number of aromatic amines is 1. The van der Waals surface area contributed by atoms with Gasteiger partial charge < -0.3 is 14.6 Å². The minimum absolute atomic E-state index is 0.143. The molecule has 2 saturated heterocycles. The summed E-state index contributed by atoms with van der Waals surface area (Å²) in [5.41, 5.74) is -0.989. The van der Waals surface area contributed by atoms with Gasteiger partial charge in [0.15, 0.2) is 6.23 Å². The van der Waals surface area contributed by atoms with E-state index in [0.29, 0.717) is 0 Å². The second-order valence-electron chi connectivity index (χ2n) is 3.83. The summed E-state index contributed by atoms with van der Waals surface area (Å²) in [6.07, 6.45) is 0.0551. The van der Waals surface area contributed by atoms with Gasteiger partial charge in [0.05, 0.1) is 6.61 Å². The molecule has 0 aliphatic carbocycles. The van der Waals surface area contributed by atoms with Crippen LogP contribution in [0.25, 0.3) is 0 Å². The lowest BCUT2D eigenvalue weighted by molar-refractivity contribution is -0.0856. The fraction of sp³-hybridized carbons (Fsp3) is 0.556. The fourth-order valence-electron chi connectivity index (χ4n) is 2.00. The maximum atomic E-state index is 11.5. The number of ether oxygens (including phenoxy) is 2. The number of aromatic nitrogens is 2. The van der Waals surface area contributed by atoms with Crippen LogP contribution < -0.4 is 11.2 Å². The smallest absolute Gasteiger partial charge is 0.330 e. The number of H-pyrrole nitrogens is 1. The summed E-state index contributed by atoms with van der Waals surface area (Å²) in [6, 6.07) is 1.24. The highest BCUT2D eigenvalue weighted by Crippen LogP contribution is 2.43. The van der Waals surface area contributed by atoms with Crippen molar-refractivity contribution in [3.63, 3.8) is 0 Å². The highest BCUT2D eigenvalue weighted by atomic mass is 16.7. The van der Waals surface area contributed by atoms with Crippen LogP contribution >= 0.6 is 0 Å². The monoisotopic (exact) mass is 226 g/mol. The number of aliphatic hydroxyl groups is 1. The summed E-state index contributed by atoms with van der Waals surface area (Å²) in [4.78, 5) is 24.5. The van der Waals surface area contributed by atoms with Gasteiger partial charge in [0, 0.05) is 12.3 Å². The Kier molecular flexibility index (Phi) is 2.00. The molecule has 0 radical (unpaired) electrons. The average Bonchev–Trinajstić information content (AvgIpc) is 2.96. The summed E-state index contributed by atoms with van der Waals surface area (Å²) in [5, 5.41) is 8.99. The van der Waals surface area contributed by atoms with Crippen molar-refractivity contribution in [1.82, 2.24) is 9.55 Å². The molecule has 2 fully saturated rings. The summed E-state index contributed by atoms with van der Waals surface area (Å²) >= 11 is 0. The van der Waals surface area contributed by atoms with Gasteiger partial charge in [0.25, 0.3) is 5.56 Å². The molecule has 0 amide bonds. The van der Waals surface area contributed by atoms with E-state index in [2.05, 4.69) is 4.98 Å². The highest BCUT2D eigenvalue weighted by molar-refractivity contribution is 5.02. The minimum atomic E-state index is -0.563. The van der Waals surface area contributed by atoms with Crippen molar-refractivity contribution in [2.75, 3.05) is 6.61 Å². The zero-order chi connectivity index (χ0) is 11.3. The maximum Gasteiger partial charge on any atom is 0.330 e. The van der Waals surface area contributed by atoms with Crippen molar-refractivity contribution in [2.24, 2.45) is 0 Å². The van der Waals surface area contributed by atoms with Crippen LogP contribution in [0.1, 0.15) is 6.23 Å². The second-order valence-corrected chi connectivity index (χ2v) is 3.83. The van der Waals surface area contributed by atoms with Crippen LogP contribution in [0.3, 0.4) is 0 Å². The number of rotatable bonds is 2. The molecule has 3 rings (SSSR count). The molecular weight excluding hydrogens is 216 g/mol. The predicted molar refractivity (Wildman–Crippen MR) is 51.0 cm³/mol. The van der Waals surface area contributed by atoms with Gasteiger partial charge in [-0.15, -0.1) is 0 Å². The number of aliphatic hydroxyl groups excluding tert-OH is 1. The Morgan fingerprint density at radius 2 is 2.19 bits per heavy atom. The molecule has 2 aliphatic rings. The van der Waals surface area contributed by atoms with Gasteiger partial charge in [0.2, 0.25) is 0 Å². The third kappa shape index (κ3) is 1.33. The topological polar surface area (TPSA) is 96.8 Å². The normalized spacial score (nSPS) is 36.1. The van der Waals surface area contributed by atoms with Gasteiger partial charge in [-0.05, 0) is 0 Å². The standard InChI is InChI=1S/C9H10N2O5/c12-3-4-6-7(16-6)8(15-4)11-2-1-5(13)10-9(11)14/h1-2,4,6-8,12H,3H2,(H,10,13,14)/t4-,6-,7-,8-/m1/s1. The molecular formula is C9H10N2O5.